The minimum absolute atomic E-state index is 0.0848. The van der Waals surface area contributed by atoms with Crippen molar-refractivity contribution in [3.8, 4) is 18.1 Å². The monoisotopic (exact) mass is 380 g/mol. The number of rotatable bonds is 2. The van der Waals surface area contributed by atoms with Gasteiger partial charge in [0, 0.05) is 11.8 Å². The van der Waals surface area contributed by atoms with Crippen LogP contribution in [0.5, 0.6) is 5.75 Å². The molecule has 1 heterocycles. The van der Waals surface area contributed by atoms with Crippen LogP contribution in [-0.2, 0) is 11.2 Å². The Morgan fingerprint density at radius 2 is 2.07 bits per heavy atom. The largest absolute Gasteiger partial charge is 0.465 e. The van der Waals surface area contributed by atoms with Crippen LogP contribution in [0.3, 0.4) is 0 Å². The van der Waals surface area contributed by atoms with Crippen molar-refractivity contribution in [2.75, 3.05) is 6.61 Å². The van der Waals surface area contributed by atoms with Crippen molar-refractivity contribution in [3.63, 3.8) is 0 Å². The summed E-state index contributed by atoms with van der Waals surface area (Å²) in [6, 6.07) is 6.69. The Bertz CT molecular complexity index is 789. The summed E-state index contributed by atoms with van der Waals surface area (Å²) in [7, 11) is 0. The Labute approximate surface area is 168 Å². The fourth-order valence-electron chi connectivity index (χ4n) is 6.84. The zero-order chi connectivity index (χ0) is 19.4. The molecule has 1 N–H and O–H groups in total. The molecule has 0 spiro atoms. The molecule has 1 aromatic carbocycles. The molecule has 28 heavy (non-hydrogen) atoms. The van der Waals surface area contributed by atoms with E-state index in [0.29, 0.717) is 17.8 Å². The minimum Gasteiger partial charge on any atom is -0.465 e. The van der Waals surface area contributed by atoms with Gasteiger partial charge in [-0.25, -0.2) is 0 Å². The first-order valence-electron chi connectivity index (χ1n) is 11.2. The van der Waals surface area contributed by atoms with Crippen LogP contribution in [0.1, 0.15) is 75.3 Å². The molecule has 4 aliphatic rings. The molecule has 3 aliphatic carbocycles. The summed E-state index contributed by atoms with van der Waals surface area (Å²) in [5.74, 6) is 5.49. The van der Waals surface area contributed by atoms with Crippen LogP contribution < -0.4 is 4.74 Å². The van der Waals surface area contributed by atoms with Crippen LogP contribution in [0.25, 0.3) is 0 Å². The molecule has 6 atom stereocenters. The van der Waals surface area contributed by atoms with Gasteiger partial charge < -0.3 is 14.6 Å². The quantitative estimate of drug-likeness (QED) is 0.748. The van der Waals surface area contributed by atoms with Crippen molar-refractivity contribution < 1.29 is 14.6 Å². The van der Waals surface area contributed by atoms with Gasteiger partial charge in [0.25, 0.3) is 0 Å². The van der Waals surface area contributed by atoms with Gasteiger partial charge in [-0.2, -0.15) is 0 Å². The van der Waals surface area contributed by atoms with Gasteiger partial charge in [-0.15, -0.1) is 6.42 Å². The average Bonchev–Trinajstić information content (AvgIpc) is 3.00. The van der Waals surface area contributed by atoms with Crippen LogP contribution in [-0.4, -0.2) is 23.6 Å². The maximum absolute atomic E-state index is 11.1. The number of aliphatic hydroxyl groups is 1. The molecule has 0 bridgehead atoms. The molecular weight excluding hydrogens is 348 g/mol. The molecule has 3 nitrogen and oxygen atoms in total. The van der Waals surface area contributed by atoms with E-state index in [1.807, 2.05) is 0 Å². The number of aryl methyl sites for hydroxylation is 1. The second-order valence-electron chi connectivity index (χ2n) is 9.69. The Morgan fingerprint density at radius 3 is 2.86 bits per heavy atom. The van der Waals surface area contributed by atoms with E-state index in [-0.39, 0.29) is 11.7 Å². The number of benzene rings is 1. The summed E-state index contributed by atoms with van der Waals surface area (Å²) in [6.07, 6.45) is 15.3. The lowest BCUT2D eigenvalue weighted by atomic mass is 9.53. The zero-order valence-corrected chi connectivity index (χ0v) is 17.0. The van der Waals surface area contributed by atoms with Gasteiger partial charge in [-0.1, -0.05) is 18.9 Å². The molecule has 3 heteroatoms. The van der Waals surface area contributed by atoms with Gasteiger partial charge in [0.2, 0.25) is 0 Å². The molecule has 3 fully saturated rings. The maximum atomic E-state index is 11.1. The molecule has 5 rings (SSSR count). The van der Waals surface area contributed by atoms with E-state index < -0.39 is 5.60 Å². The minimum atomic E-state index is -0.916. The lowest BCUT2D eigenvalue weighted by molar-refractivity contribution is -0.105. The maximum Gasteiger partial charge on any atom is 0.199 e. The highest BCUT2D eigenvalue weighted by Gasteiger charge is 2.61. The number of hydrogen-bond acceptors (Lipinski definition) is 3. The van der Waals surface area contributed by atoms with Gasteiger partial charge >= 0.3 is 0 Å². The van der Waals surface area contributed by atoms with Crippen LogP contribution in [0, 0.1) is 29.6 Å². The lowest BCUT2D eigenvalue weighted by Crippen LogP contribution is -2.50. The Kier molecular flexibility index (Phi) is 4.49. The number of fused-ring (bicyclic) bond motifs is 5. The third-order valence-electron chi connectivity index (χ3n) is 8.49. The summed E-state index contributed by atoms with van der Waals surface area (Å²) < 4.78 is 11.8. The second-order valence-corrected chi connectivity index (χ2v) is 9.69. The molecule has 2 saturated carbocycles. The average molecular weight is 381 g/mol. The Balaban J connectivity index is 1.37. The predicted octanol–water partition coefficient (Wildman–Crippen LogP) is 4.81. The first-order valence-corrected chi connectivity index (χ1v) is 11.2. The third-order valence-corrected chi connectivity index (χ3v) is 8.49. The molecule has 1 aromatic rings. The first kappa shape index (κ1) is 18.5. The van der Waals surface area contributed by atoms with E-state index >= 15 is 0 Å². The van der Waals surface area contributed by atoms with Gasteiger partial charge in [-0.05, 0) is 92.4 Å². The van der Waals surface area contributed by atoms with Crippen molar-refractivity contribution in [2.24, 2.45) is 17.3 Å². The van der Waals surface area contributed by atoms with E-state index in [1.165, 1.54) is 24.0 Å². The topological polar surface area (TPSA) is 38.7 Å². The number of hydrogen-bond donors (Lipinski definition) is 1. The molecule has 1 unspecified atom stereocenters. The predicted molar refractivity (Wildman–Crippen MR) is 109 cm³/mol. The number of terminal acetylenes is 1. The fourth-order valence-corrected chi connectivity index (χ4v) is 6.84. The highest BCUT2D eigenvalue weighted by molar-refractivity contribution is 5.41. The van der Waals surface area contributed by atoms with Crippen LogP contribution in [0.4, 0.5) is 0 Å². The summed E-state index contributed by atoms with van der Waals surface area (Å²) in [5.41, 5.74) is 1.91. The van der Waals surface area contributed by atoms with Gasteiger partial charge in [0.1, 0.15) is 11.4 Å². The van der Waals surface area contributed by atoms with Crippen LogP contribution in [0.15, 0.2) is 18.2 Å². The van der Waals surface area contributed by atoms with Gasteiger partial charge in [-0.3, -0.25) is 0 Å². The molecular formula is C25H32O3. The Morgan fingerprint density at radius 1 is 1.18 bits per heavy atom. The zero-order valence-electron chi connectivity index (χ0n) is 17.0. The van der Waals surface area contributed by atoms with E-state index in [4.69, 9.17) is 15.9 Å². The van der Waals surface area contributed by atoms with Crippen molar-refractivity contribution in [1.82, 2.24) is 0 Å². The highest BCUT2D eigenvalue weighted by Crippen LogP contribution is 2.64. The SMILES string of the molecule is C#C[C@]1(O)CC[C@H]2[C@@H]3CCc4cc(OC5CCCCO5)ccc4[C@H]3CC[C@@]21C. The van der Waals surface area contributed by atoms with E-state index in [1.54, 1.807) is 0 Å². The van der Waals surface area contributed by atoms with Crippen LogP contribution >= 0.6 is 0 Å². The first-order chi connectivity index (χ1) is 13.5. The smallest absolute Gasteiger partial charge is 0.199 e. The molecule has 1 saturated heterocycles. The fraction of sp³-hybridized carbons (Fsp3) is 0.680. The summed E-state index contributed by atoms with van der Waals surface area (Å²) >= 11 is 0. The van der Waals surface area contributed by atoms with Gasteiger partial charge in [0.15, 0.2) is 6.29 Å². The van der Waals surface area contributed by atoms with Crippen molar-refractivity contribution in [1.29, 1.82) is 0 Å². The third kappa shape index (κ3) is 2.72. The lowest BCUT2D eigenvalue weighted by Gasteiger charge is -2.52. The van der Waals surface area contributed by atoms with Crippen molar-refractivity contribution >= 4 is 0 Å². The summed E-state index contributed by atoms with van der Waals surface area (Å²) in [4.78, 5) is 0. The number of ether oxygens (including phenoxy) is 2. The van der Waals surface area contributed by atoms with Crippen molar-refractivity contribution in [3.05, 3.63) is 29.3 Å². The molecule has 1 aliphatic heterocycles. The van der Waals surface area contributed by atoms with Crippen LogP contribution in [0.2, 0.25) is 0 Å². The van der Waals surface area contributed by atoms with E-state index in [0.717, 1.165) is 57.3 Å². The summed E-state index contributed by atoms with van der Waals surface area (Å²) in [6.45, 7) is 3.06. The molecule has 0 radical (unpaired) electrons. The molecule has 150 valence electrons. The summed E-state index contributed by atoms with van der Waals surface area (Å²) in [5, 5.41) is 11.1. The normalized spacial score (nSPS) is 42.0. The standard InChI is InChI=1S/C25H32O3/c1-3-25(26)14-12-22-21-9-7-17-16-18(28-23-6-4-5-15-27-23)8-10-19(17)20(21)11-13-24(22,25)2/h1,8,10,16,20-23,26H,4-7,9,11-15H2,2H3/t20-,21-,22+,23?,24+,25+/m1/s1. The van der Waals surface area contributed by atoms with E-state index in [9.17, 15) is 5.11 Å². The van der Waals surface area contributed by atoms with Crippen molar-refractivity contribution in [2.45, 2.75) is 82.5 Å². The molecule has 0 amide bonds. The molecule has 0 aromatic heterocycles. The van der Waals surface area contributed by atoms with E-state index in [2.05, 4.69) is 31.0 Å². The highest BCUT2D eigenvalue weighted by atomic mass is 16.7. The Hall–Kier alpha value is -1.50. The second kappa shape index (κ2) is 6.78. The van der Waals surface area contributed by atoms with Gasteiger partial charge in [0.05, 0.1) is 6.61 Å².